The average molecular weight is 427 g/mol. The number of nitro groups is 1. The lowest BCUT2D eigenvalue weighted by Crippen LogP contribution is -2.00. The molecule has 0 saturated carbocycles. The number of hydrogen-bond acceptors (Lipinski definition) is 5. The third kappa shape index (κ3) is 5.10. The summed E-state index contributed by atoms with van der Waals surface area (Å²) < 4.78 is 11.7. The van der Waals surface area contributed by atoms with Gasteiger partial charge in [0.25, 0.3) is 5.69 Å². The van der Waals surface area contributed by atoms with Crippen molar-refractivity contribution in [3.8, 4) is 29.9 Å². The number of rotatable bonds is 7. The van der Waals surface area contributed by atoms with E-state index in [9.17, 15) is 15.4 Å². The van der Waals surface area contributed by atoms with Crippen molar-refractivity contribution in [1.82, 2.24) is 0 Å². The number of nitrogens with zero attached hydrogens (tertiary/aromatic N) is 2. The summed E-state index contributed by atoms with van der Waals surface area (Å²) in [5.41, 5.74) is 1.30. The average Bonchev–Trinajstić information content (AvgIpc) is 2.67. The first-order chi connectivity index (χ1) is 13.0. The Morgan fingerprint density at radius 2 is 2.07 bits per heavy atom. The van der Waals surface area contributed by atoms with Gasteiger partial charge in [-0.1, -0.05) is 34.0 Å². The minimum Gasteiger partial charge on any atom is -0.490 e. The Morgan fingerprint density at radius 3 is 2.70 bits per heavy atom. The molecule has 0 radical (unpaired) electrons. The fourth-order valence-corrected chi connectivity index (χ4v) is 2.72. The first kappa shape index (κ1) is 20.0. The SMILES string of the molecule is C#CCOc1cc(Br)c(C=C(C#N)c2cccc([N+](=O)[O-])c2)cc1OCC. The number of nitriles is 1. The minimum atomic E-state index is -0.501. The number of nitro benzene ring substituents is 1. The molecule has 0 N–H and O–H groups in total. The van der Waals surface area contributed by atoms with Crippen molar-refractivity contribution in [2.24, 2.45) is 0 Å². The monoisotopic (exact) mass is 426 g/mol. The molecule has 0 unspecified atom stereocenters. The molecule has 136 valence electrons. The highest BCUT2D eigenvalue weighted by Gasteiger charge is 2.13. The van der Waals surface area contributed by atoms with E-state index in [0.717, 1.165) is 0 Å². The van der Waals surface area contributed by atoms with E-state index in [0.29, 0.717) is 33.7 Å². The van der Waals surface area contributed by atoms with Gasteiger partial charge in [0, 0.05) is 16.6 Å². The van der Waals surface area contributed by atoms with E-state index in [4.69, 9.17) is 15.9 Å². The smallest absolute Gasteiger partial charge is 0.270 e. The molecule has 0 aromatic heterocycles. The van der Waals surface area contributed by atoms with Crippen LogP contribution in [0.4, 0.5) is 5.69 Å². The maximum Gasteiger partial charge on any atom is 0.270 e. The van der Waals surface area contributed by atoms with E-state index in [1.165, 1.54) is 18.2 Å². The highest BCUT2D eigenvalue weighted by Crippen LogP contribution is 2.35. The van der Waals surface area contributed by atoms with Gasteiger partial charge >= 0.3 is 0 Å². The molecule has 0 fully saturated rings. The summed E-state index contributed by atoms with van der Waals surface area (Å²) in [4.78, 5) is 10.5. The van der Waals surface area contributed by atoms with Crippen molar-refractivity contribution >= 4 is 33.3 Å². The fourth-order valence-electron chi connectivity index (χ4n) is 2.28. The second-order valence-electron chi connectivity index (χ2n) is 5.22. The molecular formula is C20H15BrN2O4. The molecule has 27 heavy (non-hydrogen) atoms. The van der Waals surface area contributed by atoms with Crippen molar-refractivity contribution in [2.45, 2.75) is 6.92 Å². The van der Waals surface area contributed by atoms with Crippen LogP contribution in [0.25, 0.3) is 11.6 Å². The summed E-state index contributed by atoms with van der Waals surface area (Å²) in [7, 11) is 0. The number of allylic oxidation sites excluding steroid dienone is 1. The van der Waals surface area contributed by atoms with Crippen molar-refractivity contribution in [3.63, 3.8) is 0 Å². The van der Waals surface area contributed by atoms with Gasteiger partial charge in [-0.2, -0.15) is 5.26 Å². The third-order valence-corrected chi connectivity index (χ3v) is 4.15. The fraction of sp³-hybridized carbons (Fsp3) is 0.150. The normalized spacial score (nSPS) is 10.6. The molecule has 0 amide bonds. The Hall–Kier alpha value is -3.29. The van der Waals surface area contributed by atoms with Crippen molar-refractivity contribution < 1.29 is 14.4 Å². The maximum absolute atomic E-state index is 11.0. The van der Waals surface area contributed by atoms with Crippen LogP contribution in [0.3, 0.4) is 0 Å². The topological polar surface area (TPSA) is 85.4 Å². The van der Waals surface area contributed by atoms with Gasteiger partial charge < -0.3 is 9.47 Å². The molecule has 0 aliphatic heterocycles. The second kappa shape index (κ2) is 9.42. The number of terminal acetylenes is 1. The maximum atomic E-state index is 11.0. The Bertz CT molecular complexity index is 971. The summed E-state index contributed by atoms with van der Waals surface area (Å²) in [5.74, 6) is 3.36. The van der Waals surface area contributed by atoms with Crippen LogP contribution >= 0.6 is 15.9 Å². The zero-order chi connectivity index (χ0) is 19.8. The van der Waals surface area contributed by atoms with Crippen LogP contribution in [0.15, 0.2) is 40.9 Å². The van der Waals surface area contributed by atoms with Crippen molar-refractivity contribution in [3.05, 3.63) is 62.1 Å². The van der Waals surface area contributed by atoms with Gasteiger partial charge in [0.2, 0.25) is 0 Å². The predicted octanol–water partition coefficient (Wildman–Crippen LogP) is 4.83. The molecule has 0 aliphatic rings. The zero-order valence-corrected chi connectivity index (χ0v) is 16.0. The molecule has 0 heterocycles. The number of benzene rings is 2. The van der Waals surface area contributed by atoms with E-state index in [1.807, 2.05) is 6.92 Å². The van der Waals surface area contributed by atoms with Crippen LogP contribution in [0.1, 0.15) is 18.1 Å². The van der Waals surface area contributed by atoms with Crippen LogP contribution in [0.5, 0.6) is 11.5 Å². The number of halogens is 1. The standard InChI is InChI=1S/C20H15BrN2O4/c1-3-8-27-20-12-18(21)15(11-19(20)26-4-2)9-16(13-22)14-6-5-7-17(10-14)23(24)25/h1,5-7,9-12H,4,8H2,2H3. The van der Waals surface area contributed by atoms with Gasteiger partial charge in [0.15, 0.2) is 11.5 Å². The van der Waals surface area contributed by atoms with Crippen LogP contribution in [-0.2, 0) is 0 Å². The first-order valence-corrected chi connectivity index (χ1v) is 8.68. The molecule has 2 aromatic rings. The minimum absolute atomic E-state index is 0.0826. The van der Waals surface area contributed by atoms with Crippen molar-refractivity contribution in [1.29, 1.82) is 5.26 Å². The summed E-state index contributed by atoms with van der Waals surface area (Å²) in [6, 6.07) is 11.4. The molecule has 6 nitrogen and oxygen atoms in total. The van der Waals surface area contributed by atoms with Gasteiger partial charge in [0.05, 0.1) is 23.2 Å². The summed E-state index contributed by atoms with van der Waals surface area (Å²) in [6.07, 6.45) is 6.85. The quantitative estimate of drug-likeness (QED) is 0.208. The number of non-ortho nitro benzene ring substituents is 1. The molecule has 2 aromatic carbocycles. The lowest BCUT2D eigenvalue weighted by Gasteiger charge is -2.13. The van der Waals surface area contributed by atoms with E-state index in [2.05, 4.69) is 27.9 Å². The molecule has 0 aliphatic carbocycles. The molecule has 0 atom stereocenters. The molecule has 0 saturated heterocycles. The van der Waals surface area contributed by atoms with Crippen LogP contribution in [0.2, 0.25) is 0 Å². The van der Waals surface area contributed by atoms with E-state index >= 15 is 0 Å². The Balaban J connectivity index is 2.50. The largest absolute Gasteiger partial charge is 0.490 e. The van der Waals surface area contributed by atoms with Gasteiger partial charge in [-0.25, -0.2) is 0 Å². The van der Waals surface area contributed by atoms with Crippen LogP contribution in [0, 0.1) is 33.8 Å². The van der Waals surface area contributed by atoms with E-state index in [-0.39, 0.29) is 17.9 Å². The highest BCUT2D eigenvalue weighted by molar-refractivity contribution is 9.10. The highest BCUT2D eigenvalue weighted by atomic mass is 79.9. The van der Waals surface area contributed by atoms with Gasteiger partial charge in [-0.3, -0.25) is 10.1 Å². The lowest BCUT2D eigenvalue weighted by atomic mass is 10.0. The zero-order valence-electron chi connectivity index (χ0n) is 14.4. The predicted molar refractivity (Wildman–Crippen MR) is 106 cm³/mol. The molecule has 0 spiro atoms. The van der Waals surface area contributed by atoms with Gasteiger partial charge in [0.1, 0.15) is 6.61 Å². The van der Waals surface area contributed by atoms with Gasteiger partial charge in [-0.05, 0) is 36.3 Å². The Morgan fingerprint density at radius 1 is 1.33 bits per heavy atom. The first-order valence-electron chi connectivity index (χ1n) is 7.89. The summed E-state index contributed by atoms with van der Waals surface area (Å²) in [5, 5.41) is 20.5. The third-order valence-electron chi connectivity index (χ3n) is 3.46. The van der Waals surface area contributed by atoms with Crippen LogP contribution in [-0.4, -0.2) is 18.1 Å². The summed E-state index contributed by atoms with van der Waals surface area (Å²) >= 11 is 3.44. The molecule has 2 rings (SSSR count). The molecule has 0 bridgehead atoms. The lowest BCUT2D eigenvalue weighted by molar-refractivity contribution is -0.384. The van der Waals surface area contributed by atoms with Crippen molar-refractivity contribution in [2.75, 3.05) is 13.2 Å². The Kier molecular flexibility index (Phi) is 6.99. The number of hydrogen-bond donors (Lipinski definition) is 0. The Labute approximate surface area is 165 Å². The summed E-state index contributed by atoms with van der Waals surface area (Å²) in [6.45, 7) is 2.36. The van der Waals surface area contributed by atoms with Gasteiger partial charge in [-0.15, -0.1) is 6.42 Å². The van der Waals surface area contributed by atoms with E-state index < -0.39 is 4.92 Å². The number of ether oxygens (including phenoxy) is 2. The molecule has 7 heteroatoms. The molecular weight excluding hydrogens is 412 g/mol. The van der Waals surface area contributed by atoms with Crippen LogP contribution < -0.4 is 9.47 Å². The van der Waals surface area contributed by atoms with E-state index in [1.54, 1.807) is 24.3 Å². The second-order valence-corrected chi connectivity index (χ2v) is 6.08.